The average Bonchev–Trinajstić information content (AvgIpc) is 3.31. The molecule has 0 bridgehead atoms. The van der Waals surface area contributed by atoms with Crippen LogP contribution in [0.5, 0.6) is 0 Å². The Morgan fingerprint density at radius 1 is 1.32 bits per heavy atom. The van der Waals surface area contributed by atoms with Gasteiger partial charge in [0.25, 0.3) is 5.91 Å². The van der Waals surface area contributed by atoms with Crippen LogP contribution in [0.3, 0.4) is 0 Å². The monoisotopic (exact) mass is 384 g/mol. The second kappa shape index (κ2) is 7.41. The van der Waals surface area contributed by atoms with Crippen molar-refractivity contribution in [3.8, 4) is 0 Å². The zero-order valence-electron chi connectivity index (χ0n) is 15.8. The van der Waals surface area contributed by atoms with Gasteiger partial charge in [-0.05, 0) is 49.4 Å². The quantitative estimate of drug-likeness (QED) is 0.747. The molecule has 1 fully saturated rings. The van der Waals surface area contributed by atoms with Gasteiger partial charge in [0.2, 0.25) is 0 Å². The Morgan fingerprint density at radius 3 is 2.93 bits per heavy atom. The van der Waals surface area contributed by atoms with Crippen molar-refractivity contribution in [2.24, 2.45) is 0 Å². The highest BCUT2D eigenvalue weighted by Gasteiger charge is 2.51. The third-order valence-electron chi connectivity index (χ3n) is 5.49. The van der Waals surface area contributed by atoms with Gasteiger partial charge in [-0.15, -0.1) is 0 Å². The number of aliphatic hydroxyl groups excluding tert-OH is 1. The summed E-state index contributed by atoms with van der Waals surface area (Å²) >= 11 is 0. The van der Waals surface area contributed by atoms with Crippen molar-refractivity contribution in [2.75, 3.05) is 13.2 Å². The van der Waals surface area contributed by atoms with Gasteiger partial charge in [-0.25, -0.2) is 4.79 Å². The molecule has 0 saturated carbocycles. The summed E-state index contributed by atoms with van der Waals surface area (Å²) in [6.07, 6.45) is 3.37. The molecule has 28 heavy (non-hydrogen) atoms. The molecule has 7 nitrogen and oxygen atoms in total. The number of carbonyl (C=O) groups excluding carboxylic acids is 2. The fraction of sp³-hybridized carbons (Fsp3) is 0.429. The van der Waals surface area contributed by atoms with Gasteiger partial charge < -0.3 is 19.6 Å². The van der Waals surface area contributed by atoms with E-state index in [9.17, 15) is 14.7 Å². The van der Waals surface area contributed by atoms with Crippen LogP contribution < -0.4 is 5.32 Å². The second-order valence-electron chi connectivity index (χ2n) is 7.52. The number of rotatable bonds is 6. The van der Waals surface area contributed by atoms with Crippen molar-refractivity contribution in [1.29, 1.82) is 0 Å². The minimum atomic E-state index is -1.26. The number of hydrogen-bond acceptors (Lipinski definition) is 5. The number of fused-ring (bicyclic) bond motifs is 1. The van der Waals surface area contributed by atoms with Crippen LogP contribution in [-0.4, -0.2) is 41.2 Å². The van der Waals surface area contributed by atoms with Gasteiger partial charge >= 0.3 is 6.03 Å². The largest absolute Gasteiger partial charge is 0.466 e. The number of hydrogen-bond donors (Lipinski definition) is 2. The topological polar surface area (TPSA) is 92.0 Å². The van der Waals surface area contributed by atoms with Crippen molar-refractivity contribution < 1.29 is 23.8 Å². The number of nitrogens with one attached hydrogen (secondary N) is 1. The number of ether oxygens (including phenoxy) is 1. The molecule has 3 amide bonds. The number of carbonyl (C=O) groups is 2. The summed E-state index contributed by atoms with van der Waals surface area (Å²) in [6.45, 7) is 1.51. The molecule has 2 N–H and O–H groups in total. The molecule has 148 valence electrons. The van der Waals surface area contributed by atoms with Crippen LogP contribution >= 0.6 is 0 Å². The number of amides is 3. The maximum absolute atomic E-state index is 12.8. The van der Waals surface area contributed by atoms with Crippen molar-refractivity contribution in [2.45, 2.75) is 43.9 Å². The molecule has 7 heteroatoms. The van der Waals surface area contributed by atoms with Gasteiger partial charge in [-0.2, -0.15) is 0 Å². The van der Waals surface area contributed by atoms with Gasteiger partial charge in [-0.1, -0.05) is 24.3 Å². The molecule has 1 aromatic carbocycles. The molecule has 3 atom stereocenters. The predicted molar refractivity (Wildman–Crippen MR) is 100 cm³/mol. The maximum Gasteiger partial charge on any atom is 0.325 e. The molecule has 0 spiro atoms. The van der Waals surface area contributed by atoms with Gasteiger partial charge in [0.1, 0.15) is 5.76 Å². The van der Waals surface area contributed by atoms with E-state index in [1.54, 1.807) is 19.1 Å². The van der Waals surface area contributed by atoms with Gasteiger partial charge in [-0.3, -0.25) is 9.69 Å². The zero-order valence-corrected chi connectivity index (χ0v) is 15.8. The van der Waals surface area contributed by atoms with Crippen LogP contribution in [0.25, 0.3) is 0 Å². The van der Waals surface area contributed by atoms with E-state index in [0.717, 1.165) is 29.7 Å². The molecule has 0 unspecified atom stereocenters. The van der Waals surface area contributed by atoms with E-state index in [1.807, 2.05) is 12.1 Å². The van der Waals surface area contributed by atoms with Gasteiger partial charge in [0.05, 0.1) is 31.6 Å². The lowest BCUT2D eigenvalue weighted by molar-refractivity contribution is -0.133. The normalized spacial score (nSPS) is 25.5. The number of aryl methyl sites for hydroxylation is 1. The summed E-state index contributed by atoms with van der Waals surface area (Å²) in [7, 11) is 0. The fourth-order valence-electron chi connectivity index (χ4n) is 3.97. The fourth-order valence-corrected chi connectivity index (χ4v) is 3.97. The third-order valence-corrected chi connectivity index (χ3v) is 5.49. The summed E-state index contributed by atoms with van der Waals surface area (Å²) in [5, 5.41) is 13.1. The van der Waals surface area contributed by atoms with Gasteiger partial charge in [0, 0.05) is 0 Å². The second-order valence-corrected chi connectivity index (χ2v) is 7.52. The summed E-state index contributed by atoms with van der Waals surface area (Å²) in [5.74, 6) is -0.0904. The molecule has 2 aromatic rings. The minimum absolute atomic E-state index is 0.0491. The predicted octanol–water partition coefficient (Wildman–Crippen LogP) is 2.50. The van der Waals surface area contributed by atoms with Crippen LogP contribution in [0.15, 0.2) is 47.1 Å². The van der Waals surface area contributed by atoms with E-state index in [1.165, 1.54) is 11.8 Å². The molecule has 1 saturated heterocycles. The number of β-amino-alcohol motifs (C(OH)–C–C–N with tert-alkyl or cyclic N) is 1. The lowest BCUT2D eigenvalue weighted by atomic mass is 9.89. The van der Waals surface area contributed by atoms with Crippen LogP contribution in [-0.2, 0) is 21.5 Å². The maximum atomic E-state index is 12.8. The molecular formula is C21H24N2O5. The van der Waals surface area contributed by atoms with E-state index in [2.05, 4.69) is 17.4 Å². The highest BCUT2D eigenvalue weighted by atomic mass is 16.5. The Balaban J connectivity index is 1.38. The lowest BCUT2D eigenvalue weighted by Gasteiger charge is -2.27. The van der Waals surface area contributed by atoms with Crippen molar-refractivity contribution >= 4 is 11.9 Å². The van der Waals surface area contributed by atoms with Crippen LogP contribution in [0.2, 0.25) is 0 Å². The summed E-state index contributed by atoms with van der Waals surface area (Å²) in [4.78, 5) is 26.1. The molecule has 1 aliphatic heterocycles. The number of aliphatic hydroxyl groups is 1. The first kappa shape index (κ1) is 18.7. The number of imide groups is 1. The van der Waals surface area contributed by atoms with Gasteiger partial charge in [0.15, 0.2) is 5.54 Å². The lowest BCUT2D eigenvalue weighted by Crippen LogP contribution is -2.42. The molecule has 1 aromatic heterocycles. The Labute approximate surface area is 163 Å². The Morgan fingerprint density at radius 2 is 2.14 bits per heavy atom. The zero-order chi connectivity index (χ0) is 19.7. The van der Waals surface area contributed by atoms with Crippen molar-refractivity contribution in [3.63, 3.8) is 0 Å². The molecule has 1 aliphatic carbocycles. The SMILES string of the molecule is C[C@]1(c2ccco2)NC(=O)N(C[C@H](O)CO[C@H]2CCCc3ccccc32)C1=O. The van der Waals surface area contributed by atoms with E-state index in [4.69, 9.17) is 9.15 Å². The first-order valence-electron chi connectivity index (χ1n) is 9.54. The van der Waals surface area contributed by atoms with Crippen LogP contribution in [0, 0.1) is 0 Å². The standard InChI is InChI=1S/C21H24N2O5/c1-21(18-10-5-11-27-18)19(25)23(20(26)22-21)12-15(24)13-28-17-9-4-7-14-6-2-3-8-16(14)17/h2-3,5-6,8,10-11,15,17,24H,4,7,9,12-13H2,1H3,(H,22,26)/t15-,17-,21+/m0/s1. The number of nitrogens with zero attached hydrogens (tertiary/aromatic N) is 1. The third kappa shape index (κ3) is 3.31. The Hall–Kier alpha value is -2.64. The van der Waals surface area contributed by atoms with E-state index in [-0.39, 0.29) is 19.3 Å². The van der Waals surface area contributed by atoms with E-state index in [0.29, 0.717) is 5.76 Å². The minimum Gasteiger partial charge on any atom is -0.466 e. The highest BCUT2D eigenvalue weighted by molar-refractivity contribution is 6.06. The molecule has 2 heterocycles. The molecule has 2 aliphatic rings. The Bertz CT molecular complexity index is 865. The number of urea groups is 1. The van der Waals surface area contributed by atoms with E-state index >= 15 is 0 Å². The average molecular weight is 384 g/mol. The molecule has 0 radical (unpaired) electrons. The number of benzene rings is 1. The summed E-state index contributed by atoms with van der Waals surface area (Å²) < 4.78 is 11.2. The summed E-state index contributed by atoms with van der Waals surface area (Å²) in [6, 6.07) is 10.9. The van der Waals surface area contributed by atoms with E-state index < -0.39 is 23.6 Å². The van der Waals surface area contributed by atoms with Crippen molar-refractivity contribution in [3.05, 3.63) is 59.5 Å². The summed E-state index contributed by atoms with van der Waals surface area (Å²) in [5.41, 5.74) is 1.17. The van der Waals surface area contributed by atoms with Crippen LogP contribution in [0.1, 0.15) is 42.8 Å². The number of furan rings is 1. The first-order chi connectivity index (χ1) is 13.5. The molecule has 4 rings (SSSR count). The Kier molecular flexibility index (Phi) is 4.95. The first-order valence-corrected chi connectivity index (χ1v) is 9.54. The smallest absolute Gasteiger partial charge is 0.325 e. The van der Waals surface area contributed by atoms with Crippen molar-refractivity contribution in [1.82, 2.24) is 10.2 Å². The van der Waals surface area contributed by atoms with Crippen LogP contribution in [0.4, 0.5) is 4.79 Å². The molecular weight excluding hydrogens is 360 g/mol. The highest BCUT2D eigenvalue weighted by Crippen LogP contribution is 2.33.